The van der Waals surface area contributed by atoms with E-state index >= 15 is 0 Å². The van der Waals surface area contributed by atoms with Gasteiger partial charge in [0.25, 0.3) is 5.91 Å². The first kappa shape index (κ1) is 21.9. The van der Waals surface area contributed by atoms with Crippen LogP contribution in [0.25, 0.3) is 0 Å². The zero-order valence-corrected chi connectivity index (χ0v) is 19.3. The molecule has 1 unspecified atom stereocenters. The molecule has 0 radical (unpaired) electrons. The molecule has 2 aromatic rings. The molecule has 34 heavy (non-hydrogen) atoms. The number of rotatable bonds is 5. The highest BCUT2D eigenvalue weighted by Gasteiger charge is 2.27. The minimum atomic E-state index is -0.241. The largest absolute Gasteiger partial charge is 0.493 e. The number of hydroxylamine groups is 2. The molecular formula is C26H27N5O3. The number of ether oxygens (including phenoxy) is 1. The van der Waals surface area contributed by atoms with Crippen LogP contribution in [-0.4, -0.2) is 52.4 Å². The zero-order chi connectivity index (χ0) is 23.7. The van der Waals surface area contributed by atoms with Crippen LogP contribution in [-0.2, 0) is 17.7 Å². The Bertz CT molecular complexity index is 1230. The molecule has 1 amide bonds. The van der Waals surface area contributed by atoms with Gasteiger partial charge in [0, 0.05) is 44.2 Å². The number of nitrogens with zero attached hydrogens (tertiary/aromatic N) is 5. The number of aromatic nitrogens is 2. The minimum absolute atomic E-state index is 0.0968. The first-order chi connectivity index (χ1) is 16.6. The predicted octanol–water partition coefficient (Wildman–Crippen LogP) is 3.62. The molecule has 0 aromatic carbocycles. The number of amides is 1. The maximum atomic E-state index is 13.4. The van der Waals surface area contributed by atoms with E-state index in [0.717, 1.165) is 45.7 Å². The molecule has 8 nitrogen and oxygen atoms in total. The van der Waals surface area contributed by atoms with Crippen LogP contribution in [0.1, 0.15) is 28.5 Å². The number of hydrogen-bond donors (Lipinski definition) is 1. The van der Waals surface area contributed by atoms with E-state index in [1.807, 2.05) is 48.7 Å². The summed E-state index contributed by atoms with van der Waals surface area (Å²) in [5.41, 5.74) is 3.97. The van der Waals surface area contributed by atoms with Crippen LogP contribution in [0.5, 0.6) is 0 Å². The third kappa shape index (κ3) is 3.97. The van der Waals surface area contributed by atoms with Gasteiger partial charge in [-0.25, -0.2) is 4.98 Å². The van der Waals surface area contributed by atoms with Crippen molar-refractivity contribution in [3.8, 4) is 0 Å². The molecule has 0 spiro atoms. The maximum Gasteiger partial charge on any atom is 0.260 e. The molecule has 2 aromatic heterocycles. The van der Waals surface area contributed by atoms with Crippen LogP contribution in [0.3, 0.4) is 0 Å². The van der Waals surface area contributed by atoms with Crippen molar-refractivity contribution >= 4 is 17.4 Å². The third-order valence-electron chi connectivity index (χ3n) is 6.31. The summed E-state index contributed by atoms with van der Waals surface area (Å²) in [6, 6.07) is 5.45. The van der Waals surface area contributed by atoms with Crippen LogP contribution in [0.15, 0.2) is 78.5 Å². The van der Waals surface area contributed by atoms with Gasteiger partial charge in [-0.1, -0.05) is 24.3 Å². The summed E-state index contributed by atoms with van der Waals surface area (Å²) in [7, 11) is 1.78. The van der Waals surface area contributed by atoms with Crippen LogP contribution in [0, 0.1) is 0 Å². The van der Waals surface area contributed by atoms with E-state index < -0.39 is 0 Å². The number of carbonyl (C=O) groups excluding carboxylic acids is 1. The van der Waals surface area contributed by atoms with Crippen LogP contribution in [0.2, 0.25) is 0 Å². The van der Waals surface area contributed by atoms with Gasteiger partial charge in [0.05, 0.1) is 30.1 Å². The van der Waals surface area contributed by atoms with Crippen molar-refractivity contribution in [2.24, 2.45) is 0 Å². The quantitative estimate of drug-likeness (QED) is 0.734. The number of fused-ring (bicyclic) bond motifs is 3. The van der Waals surface area contributed by atoms with Crippen molar-refractivity contribution in [3.63, 3.8) is 0 Å². The summed E-state index contributed by atoms with van der Waals surface area (Å²) in [6.45, 7) is 3.77. The molecule has 2 aliphatic heterocycles. The Kier molecular flexibility index (Phi) is 5.90. The summed E-state index contributed by atoms with van der Waals surface area (Å²) < 4.78 is 6.05. The van der Waals surface area contributed by atoms with Crippen LogP contribution in [0.4, 0.5) is 11.5 Å². The van der Waals surface area contributed by atoms with Crippen molar-refractivity contribution in [2.45, 2.75) is 25.9 Å². The van der Waals surface area contributed by atoms with Gasteiger partial charge < -0.3 is 14.5 Å². The third-order valence-corrected chi connectivity index (χ3v) is 6.31. The molecule has 8 heteroatoms. The highest BCUT2D eigenvalue weighted by molar-refractivity contribution is 6.08. The van der Waals surface area contributed by atoms with Gasteiger partial charge in [0.15, 0.2) is 5.82 Å². The van der Waals surface area contributed by atoms with E-state index in [9.17, 15) is 10.0 Å². The number of hydrogen-bond acceptors (Lipinski definition) is 7. The first-order valence-electron chi connectivity index (χ1n) is 11.4. The van der Waals surface area contributed by atoms with E-state index in [1.165, 1.54) is 0 Å². The molecule has 0 saturated heterocycles. The zero-order valence-electron chi connectivity index (χ0n) is 19.3. The number of anilines is 2. The predicted molar refractivity (Wildman–Crippen MR) is 129 cm³/mol. The van der Waals surface area contributed by atoms with E-state index in [-0.39, 0.29) is 11.9 Å². The van der Waals surface area contributed by atoms with Crippen molar-refractivity contribution in [2.75, 3.05) is 30.0 Å². The molecule has 174 valence electrons. The van der Waals surface area contributed by atoms with E-state index in [0.29, 0.717) is 25.1 Å². The lowest BCUT2D eigenvalue weighted by Crippen LogP contribution is -2.35. The van der Waals surface area contributed by atoms with Crippen molar-refractivity contribution in [1.82, 2.24) is 15.0 Å². The average molecular weight is 458 g/mol. The summed E-state index contributed by atoms with van der Waals surface area (Å²) in [6.07, 6.45) is 15.2. The fraction of sp³-hybridized carbons (Fsp3) is 0.269. The second kappa shape index (κ2) is 9.15. The topological polar surface area (TPSA) is 82.0 Å². The number of pyridine rings is 2. The Labute approximate surface area is 198 Å². The summed E-state index contributed by atoms with van der Waals surface area (Å²) in [4.78, 5) is 26.3. The highest BCUT2D eigenvalue weighted by Crippen LogP contribution is 2.31. The smallest absolute Gasteiger partial charge is 0.260 e. The summed E-state index contributed by atoms with van der Waals surface area (Å²) in [5, 5.41) is 11.2. The second-order valence-electron chi connectivity index (χ2n) is 8.36. The number of allylic oxidation sites excluding steroid dienone is 3. The Balaban J connectivity index is 1.35. The van der Waals surface area contributed by atoms with Gasteiger partial charge in [-0.2, -0.15) is 0 Å². The first-order valence-corrected chi connectivity index (χ1v) is 11.4. The fourth-order valence-corrected chi connectivity index (χ4v) is 4.42. The van der Waals surface area contributed by atoms with Gasteiger partial charge in [-0.15, -0.1) is 0 Å². The molecule has 5 rings (SSSR count). The van der Waals surface area contributed by atoms with E-state index in [4.69, 9.17) is 4.74 Å². The molecule has 1 aliphatic carbocycles. The molecule has 0 saturated carbocycles. The average Bonchev–Trinajstić information content (AvgIpc) is 2.88. The molecule has 0 fully saturated rings. The highest BCUT2D eigenvalue weighted by atomic mass is 16.5. The molecule has 0 bridgehead atoms. The maximum absolute atomic E-state index is 13.4. The van der Waals surface area contributed by atoms with Crippen LogP contribution < -0.4 is 9.80 Å². The van der Waals surface area contributed by atoms with Crippen molar-refractivity contribution < 1.29 is 14.7 Å². The van der Waals surface area contributed by atoms with Gasteiger partial charge in [0.2, 0.25) is 0 Å². The lowest BCUT2D eigenvalue weighted by atomic mass is 9.98. The van der Waals surface area contributed by atoms with Gasteiger partial charge in [-0.3, -0.25) is 20.0 Å². The fourth-order valence-electron chi connectivity index (χ4n) is 4.42. The molecule has 3 aliphatic rings. The Morgan fingerprint density at radius 3 is 2.97 bits per heavy atom. The number of carbonyl (C=O) groups is 1. The second-order valence-corrected chi connectivity index (χ2v) is 8.36. The van der Waals surface area contributed by atoms with Gasteiger partial charge in [0.1, 0.15) is 11.8 Å². The van der Waals surface area contributed by atoms with E-state index in [2.05, 4.69) is 21.8 Å². The van der Waals surface area contributed by atoms with Gasteiger partial charge in [-0.05, 0) is 36.8 Å². The normalized spacial score (nSPS) is 19.0. The Morgan fingerprint density at radius 2 is 2.12 bits per heavy atom. The molecule has 1 N–H and O–H groups in total. The molecule has 1 atom stereocenters. The molecular weight excluding hydrogens is 430 g/mol. The summed E-state index contributed by atoms with van der Waals surface area (Å²) in [5.74, 6) is 1.42. The van der Waals surface area contributed by atoms with Gasteiger partial charge >= 0.3 is 0 Å². The lowest BCUT2D eigenvalue weighted by molar-refractivity contribution is -0.0571. The Hall–Kier alpha value is -3.91. The van der Waals surface area contributed by atoms with Crippen molar-refractivity contribution in [1.29, 1.82) is 0 Å². The summed E-state index contributed by atoms with van der Waals surface area (Å²) >= 11 is 0. The monoisotopic (exact) mass is 457 g/mol. The molecule has 4 heterocycles. The van der Waals surface area contributed by atoms with Crippen LogP contribution >= 0.6 is 0 Å². The minimum Gasteiger partial charge on any atom is -0.493 e. The Morgan fingerprint density at radius 1 is 1.24 bits per heavy atom. The van der Waals surface area contributed by atoms with E-state index in [1.54, 1.807) is 30.4 Å². The lowest BCUT2D eigenvalue weighted by Gasteiger charge is -2.31. The SMILES string of the molecule is CCN1Cc2ncc(CCOC3=C4C=CC=CC4N(O)C=C3)cc2C(=O)N(C)c2cccnc21. The standard InChI is InChI=1S/C26H27N5O3/c1-3-30-17-21-20(26(32)29(2)23-9-6-12-27-25(23)30)15-18(16-28-21)11-14-34-24-10-13-31(33)22-8-5-4-7-19(22)24/h4-10,12-13,15-16,22,33H,3,11,14,17H2,1-2H3. The van der Waals surface area contributed by atoms with Crippen molar-refractivity contribution in [3.05, 3.63) is 95.3 Å².